The summed E-state index contributed by atoms with van der Waals surface area (Å²) in [6, 6.07) is 2.72. The van der Waals surface area contributed by atoms with Crippen molar-refractivity contribution in [1.82, 2.24) is 4.98 Å². The maximum atomic E-state index is 11.1. The highest BCUT2D eigenvalue weighted by Gasteiger charge is 2.37. The minimum absolute atomic E-state index is 0.0806. The van der Waals surface area contributed by atoms with Gasteiger partial charge in [-0.15, -0.1) is 0 Å². The average Bonchev–Trinajstić information content (AvgIpc) is 2.79. The first-order chi connectivity index (χ1) is 9.45. The van der Waals surface area contributed by atoms with Crippen LogP contribution in [-0.4, -0.2) is 33.6 Å². The van der Waals surface area contributed by atoms with Gasteiger partial charge in [0.05, 0.1) is 10.8 Å². The molecule has 2 heterocycles. The average molecular weight is 276 g/mol. The fourth-order valence-electron chi connectivity index (χ4n) is 2.43. The van der Waals surface area contributed by atoms with E-state index >= 15 is 0 Å². The zero-order valence-electron chi connectivity index (χ0n) is 10.7. The number of carbonyl (C=O) groups is 1. The Morgan fingerprint density at radius 1 is 1.70 bits per heavy atom. The first-order valence-electron chi connectivity index (χ1n) is 5.99. The van der Waals surface area contributed by atoms with Crippen LogP contribution in [0.1, 0.15) is 18.9 Å². The number of pyridine rings is 1. The molecule has 0 spiro atoms. The number of carboxylic acids is 1. The molecule has 0 radical (unpaired) electrons. The number of carboxylic acid groups (broad SMARTS) is 1. The fraction of sp³-hybridized carbons (Fsp3) is 0.417. The highest BCUT2D eigenvalue weighted by atomic mass is 16.6. The predicted octanol–water partition coefficient (Wildman–Crippen LogP) is 1.16. The van der Waals surface area contributed by atoms with Crippen molar-refractivity contribution in [3.63, 3.8) is 0 Å². The van der Waals surface area contributed by atoms with Gasteiger partial charge in [-0.05, 0) is 13.3 Å². The lowest BCUT2D eigenvalue weighted by atomic mass is 10.0. The third-order valence-corrected chi connectivity index (χ3v) is 3.53. The molecule has 1 aromatic rings. The first-order valence-corrected chi connectivity index (χ1v) is 5.99. The molecule has 8 heteroatoms. The minimum atomic E-state index is -0.889. The lowest BCUT2D eigenvalue weighted by Gasteiger charge is -2.24. The van der Waals surface area contributed by atoms with Gasteiger partial charge in [0.15, 0.2) is 0 Å². The number of nitrogens with zero attached hydrogens (tertiary/aromatic N) is 4. The van der Waals surface area contributed by atoms with Gasteiger partial charge >= 0.3 is 5.97 Å². The summed E-state index contributed by atoms with van der Waals surface area (Å²) in [6.07, 6.45) is 1.54. The Morgan fingerprint density at radius 2 is 2.40 bits per heavy atom. The van der Waals surface area contributed by atoms with Crippen LogP contribution >= 0.6 is 0 Å². The van der Waals surface area contributed by atoms with E-state index in [4.69, 9.17) is 10.4 Å². The van der Waals surface area contributed by atoms with E-state index in [9.17, 15) is 14.9 Å². The monoisotopic (exact) mass is 276 g/mol. The van der Waals surface area contributed by atoms with Crippen LogP contribution in [0.15, 0.2) is 12.3 Å². The van der Waals surface area contributed by atoms with Crippen molar-refractivity contribution in [3.8, 4) is 6.07 Å². The Kier molecular flexibility index (Phi) is 3.52. The van der Waals surface area contributed by atoms with Crippen LogP contribution in [0.5, 0.6) is 0 Å². The summed E-state index contributed by atoms with van der Waals surface area (Å²) in [4.78, 5) is 26.8. The van der Waals surface area contributed by atoms with Gasteiger partial charge in [0, 0.05) is 18.7 Å². The Morgan fingerprint density at radius 3 is 2.90 bits per heavy atom. The standard InChI is InChI=1S/C12H12N4O4/c1-7-10(12(17)18)2-3-15(7)11-8(5-13)4-9(6-14-11)16(19)20/h4,6-7,10H,2-3H2,1H3,(H,17,18). The van der Waals surface area contributed by atoms with Crippen molar-refractivity contribution in [2.75, 3.05) is 11.4 Å². The second-order valence-electron chi connectivity index (χ2n) is 4.60. The number of nitro groups is 1. The maximum absolute atomic E-state index is 11.1. The summed E-state index contributed by atoms with van der Waals surface area (Å²) < 4.78 is 0. The molecule has 1 N–H and O–H groups in total. The second-order valence-corrected chi connectivity index (χ2v) is 4.60. The molecule has 8 nitrogen and oxygen atoms in total. The summed E-state index contributed by atoms with van der Waals surface area (Å²) in [5, 5.41) is 28.9. The van der Waals surface area contributed by atoms with Crippen molar-refractivity contribution in [2.24, 2.45) is 5.92 Å². The van der Waals surface area contributed by atoms with Crippen molar-refractivity contribution >= 4 is 17.5 Å². The van der Waals surface area contributed by atoms with Crippen molar-refractivity contribution < 1.29 is 14.8 Å². The number of anilines is 1. The van der Waals surface area contributed by atoms with Crippen LogP contribution < -0.4 is 4.90 Å². The lowest BCUT2D eigenvalue weighted by Crippen LogP contribution is -2.34. The molecule has 104 valence electrons. The fourth-order valence-corrected chi connectivity index (χ4v) is 2.43. The van der Waals surface area contributed by atoms with Gasteiger partial charge in [-0.25, -0.2) is 4.98 Å². The van der Waals surface area contributed by atoms with Crippen molar-refractivity contribution in [3.05, 3.63) is 27.9 Å². The van der Waals surface area contributed by atoms with Crippen LogP contribution in [0.2, 0.25) is 0 Å². The Bertz CT molecular complexity index is 610. The number of aromatic nitrogens is 1. The molecule has 1 aliphatic heterocycles. The highest BCUT2D eigenvalue weighted by Crippen LogP contribution is 2.31. The van der Waals surface area contributed by atoms with E-state index in [0.29, 0.717) is 18.8 Å². The van der Waals surface area contributed by atoms with Crippen molar-refractivity contribution in [1.29, 1.82) is 5.26 Å². The molecule has 1 fully saturated rings. The number of nitriles is 1. The Hall–Kier alpha value is -2.69. The summed E-state index contributed by atoms with van der Waals surface area (Å²) in [5.41, 5.74) is -0.177. The topological polar surface area (TPSA) is 120 Å². The second kappa shape index (κ2) is 5.13. The zero-order valence-corrected chi connectivity index (χ0v) is 10.7. The molecule has 2 rings (SSSR count). The van der Waals surface area contributed by atoms with Crippen LogP contribution in [0, 0.1) is 27.4 Å². The molecule has 1 aromatic heterocycles. The van der Waals surface area contributed by atoms with Gasteiger partial charge in [0.2, 0.25) is 0 Å². The van der Waals surface area contributed by atoms with E-state index < -0.39 is 16.8 Å². The smallest absolute Gasteiger partial charge is 0.308 e. The number of rotatable bonds is 3. The first kappa shape index (κ1) is 13.7. The van der Waals surface area contributed by atoms with E-state index in [-0.39, 0.29) is 17.3 Å². The van der Waals surface area contributed by atoms with Gasteiger partial charge in [-0.3, -0.25) is 14.9 Å². The molecule has 0 amide bonds. The quantitative estimate of drug-likeness (QED) is 0.649. The molecule has 0 bridgehead atoms. The Balaban J connectivity index is 2.37. The van der Waals surface area contributed by atoms with Crippen LogP contribution in [0.25, 0.3) is 0 Å². The maximum Gasteiger partial charge on any atom is 0.308 e. The Labute approximate surface area is 114 Å². The molecule has 1 saturated heterocycles. The number of hydrogen-bond donors (Lipinski definition) is 1. The van der Waals surface area contributed by atoms with Gasteiger partial charge in [0.25, 0.3) is 5.69 Å². The third kappa shape index (κ3) is 2.25. The van der Waals surface area contributed by atoms with E-state index in [1.807, 2.05) is 6.07 Å². The molecule has 0 aliphatic carbocycles. The summed E-state index contributed by atoms with van der Waals surface area (Å²) >= 11 is 0. The zero-order chi connectivity index (χ0) is 14.9. The third-order valence-electron chi connectivity index (χ3n) is 3.53. The summed E-state index contributed by atoms with van der Waals surface area (Å²) in [5.74, 6) is -1.12. The molecule has 1 aliphatic rings. The van der Waals surface area contributed by atoms with E-state index in [1.54, 1.807) is 11.8 Å². The van der Waals surface area contributed by atoms with Crippen LogP contribution in [-0.2, 0) is 4.79 Å². The number of hydrogen-bond acceptors (Lipinski definition) is 6. The normalized spacial score (nSPS) is 21.5. The molecule has 0 aromatic carbocycles. The van der Waals surface area contributed by atoms with E-state index in [1.165, 1.54) is 0 Å². The van der Waals surface area contributed by atoms with Crippen LogP contribution in [0.3, 0.4) is 0 Å². The molecule has 2 atom stereocenters. The van der Waals surface area contributed by atoms with E-state index in [0.717, 1.165) is 12.3 Å². The van der Waals surface area contributed by atoms with Crippen LogP contribution in [0.4, 0.5) is 11.5 Å². The highest BCUT2D eigenvalue weighted by molar-refractivity contribution is 5.73. The molecular weight excluding hydrogens is 264 g/mol. The van der Waals surface area contributed by atoms with Crippen molar-refractivity contribution in [2.45, 2.75) is 19.4 Å². The predicted molar refractivity (Wildman–Crippen MR) is 68.2 cm³/mol. The largest absolute Gasteiger partial charge is 0.481 e. The number of aliphatic carboxylic acids is 1. The summed E-state index contributed by atoms with van der Waals surface area (Å²) in [7, 11) is 0. The molecule has 2 unspecified atom stereocenters. The summed E-state index contributed by atoms with van der Waals surface area (Å²) in [6.45, 7) is 2.20. The molecule has 20 heavy (non-hydrogen) atoms. The lowest BCUT2D eigenvalue weighted by molar-refractivity contribution is -0.385. The SMILES string of the molecule is CC1C(C(=O)O)CCN1c1ncc([N+](=O)[O-])cc1C#N. The molecule has 0 saturated carbocycles. The van der Waals surface area contributed by atoms with E-state index in [2.05, 4.69) is 4.98 Å². The van der Waals surface area contributed by atoms with Gasteiger partial charge in [-0.2, -0.15) is 5.26 Å². The minimum Gasteiger partial charge on any atom is -0.481 e. The van der Waals surface area contributed by atoms with Gasteiger partial charge in [0.1, 0.15) is 23.6 Å². The van der Waals surface area contributed by atoms with Gasteiger partial charge in [-0.1, -0.05) is 0 Å². The molecular formula is C12H12N4O4. The van der Waals surface area contributed by atoms with Gasteiger partial charge < -0.3 is 10.0 Å².